The maximum atomic E-state index is 10.2. The number of hydrogen-bond donors (Lipinski definition) is 2. The second-order valence-electron chi connectivity index (χ2n) is 5.67. The summed E-state index contributed by atoms with van der Waals surface area (Å²) in [5.74, 6) is 1.26. The van der Waals surface area contributed by atoms with E-state index in [1.165, 1.54) is 0 Å². The van der Waals surface area contributed by atoms with Crippen molar-refractivity contribution in [1.29, 1.82) is 0 Å². The normalized spacial score (nSPS) is 11.0. The van der Waals surface area contributed by atoms with Crippen molar-refractivity contribution in [1.82, 2.24) is 19.9 Å². The lowest BCUT2D eigenvalue weighted by Crippen LogP contribution is -1.97. The number of aromatic nitrogens is 4. The smallest absolute Gasteiger partial charge is 0.241 e. The van der Waals surface area contributed by atoms with E-state index in [2.05, 4.69) is 19.9 Å². The molecular formula is C19H16N4O. The van der Waals surface area contributed by atoms with Gasteiger partial charge in [-0.15, -0.1) is 0 Å². The average molecular weight is 316 g/mol. The third-order valence-corrected chi connectivity index (χ3v) is 3.85. The van der Waals surface area contributed by atoms with Crippen LogP contribution < -0.4 is 0 Å². The Hall–Kier alpha value is -3.21. The minimum atomic E-state index is -0.0576. The second-order valence-corrected chi connectivity index (χ2v) is 5.67. The monoisotopic (exact) mass is 316 g/mol. The summed E-state index contributed by atoms with van der Waals surface area (Å²) in [6.45, 7) is 0. The van der Waals surface area contributed by atoms with Crippen LogP contribution in [-0.4, -0.2) is 25.0 Å². The van der Waals surface area contributed by atoms with Gasteiger partial charge in [0.1, 0.15) is 17.2 Å². The molecule has 0 saturated heterocycles. The average Bonchev–Trinajstić information content (AvgIpc) is 3.00. The minimum Gasteiger partial charge on any atom is -0.492 e. The quantitative estimate of drug-likeness (QED) is 0.606. The van der Waals surface area contributed by atoms with E-state index in [4.69, 9.17) is 0 Å². The highest BCUT2D eigenvalue weighted by Crippen LogP contribution is 2.21. The van der Waals surface area contributed by atoms with E-state index >= 15 is 0 Å². The van der Waals surface area contributed by atoms with Crippen molar-refractivity contribution in [3.8, 4) is 5.88 Å². The molecule has 0 unspecified atom stereocenters. The number of imidazole rings is 1. The van der Waals surface area contributed by atoms with Crippen LogP contribution in [0, 0.1) is 0 Å². The van der Waals surface area contributed by atoms with Gasteiger partial charge in [0, 0.05) is 12.8 Å². The summed E-state index contributed by atoms with van der Waals surface area (Å²) in [4.78, 5) is 16.3. The highest BCUT2D eigenvalue weighted by atomic mass is 16.3. The van der Waals surface area contributed by atoms with Gasteiger partial charge in [0.25, 0.3) is 0 Å². The molecule has 2 aromatic carbocycles. The number of hydrogen-bond acceptors (Lipinski definition) is 4. The van der Waals surface area contributed by atoms with Crippen molar-refractivity contribution in [2.45, 2.75) is 12.8 Å². The number of aromatic hydroxyl groups is 1. The van der Waals surface area contributed by atoms with E-state index in [0.29, 0.717) is 29.8 Å². The zero-order valence-corrected chi connectivity index (χ0v) is 13.0. The van der Waals surface area contributed by atoms with Crippen LogP contribution >= 0.6 is 0 Å². The summed E-state index contributed by atoms with van der Waals surface area (Å²) in [6.07, 6.45) is 1.22. The molecule has 0 bridgehead atoms. The van der Waals surface area contributed by atoms with E-state index < -0.39 is 0 Å². The summed E-state index contributed by atoms with van der Waals surface area (Å²) < 4.78 is 0. The third-order valence-electron chi connectivity index (χ3n) is 3.85. The van der Waals surface area contributed by atoms with E-state index in [0.717, 1.165) is 17.0 Å². The first-order valence-corrected chi connectivity index (χ1v) is 7.80. The lowest BCUT2D eigenvalue weighted by atomic mass is 10.1. The lowest BCUT2D eigenvalue weighted by Gasteiger charge is -2.01. The standard InChI is InChI=1S/C19H16N4O/c24-19-17-18(21-15(20-17)11-13-7-3-1-4-8-13)22-16(23-19)12-14-9-5-2-6-10-14/h1-10H,11-12H2,(H2,20,21,22,23,24). The molecule has 4 aromatic rings. The Morgan fingerprint density at radius 1 is 0.750 bits per heavy atom. The van der Waals surface area contributed by atoms with Gasteiger partial charge in [-0.05, 0) is 11.1 Å². The third kappa shape index (κ3) is 2.96. The van der Waals surface area contributed by atoms with E-state index in [1.54, 1.807) is 0 Å². The summed E-state index contributed by atoms with van der Waals surface area (Å²) in [6, 6.07) is 20.0. The number of H-pyrrole nitrogens is 1. The molecule has 5 heteroatoms. The Morgan fingerprint density at radius 3 is 2.04 bits per heavy atom. The van der Waals surface area contributed by atoms with Gasteiger partial charge in [0.2, 0.25) is 5.88 Å². The molecule has 5 nitrogen and oxygen atoms in total. The van der Waals surface area contributed by atoms with Crippen LogP contribution in [0.25, 0.3) is 11.2 Å². The molecule has 2 aromatic heterocycles. The van der Waals surface area contributed by atoms with Crippen molar-refractivity contribution in [2.24, 2.45) is 0 Å². The fourth-order valence-corrected chi connectivity index (χ4v) is 2.70. The first-order chi connectivity index (χ1) is 11.8. The van der Waals surface area contributed by atoms with Crippen molar-refractivity contribution in [2.75, 3.05) is 0 Å². The molecule has 0 aliphatic rings. The summed E-state index contributed by atoms with van der Waals surface area (Å²) >= 11 is 0. The Kier molecular flexibility index (Phi) is 3.67. The second kappa shape index (κ2) is 6.12. The van der Waals surface area contributed by atoms with Crippen LogP contribution in [-0.2, 0) is 12.8 Å². The fraction of sp³-hybridized carbons (Fsp3) is 0.105. The molecule has 0 aliphatic heterocycles. The predicted octanol–water partition coefficient (Wildman–Crippen LogP) is 3.24. The van der Waals surface area contributed by atoms with Crippen LogP contribution in [0.3, 0.4) is 0 Å². The molecule has 0 aliphatic carbocycles. The van der Waals surface area contributed by atoms with Gasteiger partial charge < -0.3 is 10.1 Å². The zero-order valence-electron chi connectivity index (χ0n) is 13.0. The molecule has 0 atom stereocenters. The number of aromatic amines is 1. The number of rotatable bonds is 4. The van der Waals surface area contributed by atoms with Crippen LogP contribution in [0.2, 0.25) is 0 Å². The Balaban J connectivity index is 1.65. The molecule has 0 saturated carbocycles. The fourth-order valence-electron chi connectivity index (χ4n) is 2.70. The predicted molar refractivity (Wildman–Crippen MR) is 91.8 cm³/mol. The number of benzene rings is 2. The molecule has 0 amide bonds. The molecule has 0 spiro atoms. The highest BCUT2D eigenvalue weighted by Gasteiger charge is 2.12. The van der Waals surface area contributed by atoms with Gasteiger partial charge in [0.15, 0.2) is 5.65 Å². The van der Waals surface area contributed by atoms with Crippen molar-refractivity contribution in [3.05, 3.63) is 83.4 Å². The van der Waals surface area contributed by atoms with Gasteiger partial charge in [-0.1, -0.05) is 60.7 Å². The van der Waals surface area contributed by atoms with Crippen LogP contribution in [0.4, 0.5) is 0 Å². The van der Waals surface area contributed by atoms with Crippen molar-refractivity contribution >= 4 is 11.2 Å². The SMILES string of the molecule is Oc1nc(Cc2ccccc2)nc2nc(Cc3ccccc3)[nH]c12. The number of nitrogens with zero attached hydrogens (tertiary/aromatic N) is 3. The largest absolute Gasteiger partial charge is 0.492 e. The van der Waals surface area contributed by atoms with Gasteiger partial charge in [-0.3, -0.25) is 0 Å². The zero-order chi connectivity index (χ0) is 16.4. The first-order valence-electron chi connectivity index (χ1n) is 7.80. The summed E-state index contributed by atoms with van der Waals surface area (Å²) in [5, 5.41) is 10.2. The van der Waals surface area contributed by atoms with Gasteiger partial charge in [-0.2, -0.15) is 4.98 Å². The Labute approximate surface area is 139 Å². The number of nitrogens with one attached hydrogen (secondary N) is 1. The summed E-state index contributed by atoms with van der Waals surface area (Å²) in [7, 11) is 0. The van der Waals surface area contributed by atoms with Gasteiger partial charge >= 0.3 is 0 Å². The molecular weight excluding hydrogens is 300 g/mol. The minimum absolute atomic E-state index is 0.0576. The molecule has 0 fully saturated rings. The molecule has 2 heterocycles. The molecule has 118 valence electrons. The van der Waals surface area contributed by atoms with E-state index in [-0.39, 0.29) is 5.88 Å². The maximum absolute atomic E-state index is 10.2. The van der Waals surface area contributed by atoms with E-state index in [1.807, 2.05) is 60.7 Å². The topological polar surface area (TPSA) is 74.7 Å². The molecule has 24 heavy (non-hydrogen) atoms. The Morgan fingerprint density at radius 2 is 1.38 bits per heavy atom. The van der Waals surface area contributed by atoms with Gasteiger partial charge in [0.05, 0.1) is 0 Å². The van der Waals surface area contributed by atoms with Gasteiger partial charge in [-0.25, -0.2) is 9.97 Å². The maximum Gasteiger partial charge on any atom is 0.241 e. The molecule has 2 N–H and O–H groups in total. The molecule has 4 rings (SSSR count). The summed E-state index contributed by atoms with van der Waals surface area (Å²) in [5.41, 5.74) is 3.22. The van der Waals surface area contributed by atoms with Crippen molar-refractivity contribution < 1.29 is 5.11 Å². The van der Waals surface area contributed by atoms with Crippen LogP contribution in [0.5, 0.6) is 5.88 Å². The highest BCUT2D eigenvalue weighted by molar-refractivity contribution is 5.75. The van der Waals surface area contributed by atoms with Crippen molar-refractivity contribution in [3.63, 3.8) is 0 Å². The van der Waals surface area contributed by atoms with E-state index in [9.17, 15) is 5.11 Å². The van der Waals surface area contributed by atoms with Crippen LogP contribution in [0.15, 0.2) is 60.7 Å². The number of fused-ring (bicyclic) bond motifs is 1. The first kappa shape index (κ1) is 14.4. The lowest BCUT2D eigenvalue weighted by molar-refractivity contribution is 0.455. The molecule has 0 radical (unpaired) electrons. The van der Waals surface area contributed by atoms with Crippen LogP contribution in [0.1, 0.15) is 22.8 Å². The Bertz CT molecular complexity index is 965.